The Morgan fingerprint density at radius 3 is 3.00 bits per heavy atom. The number of hydrogen-bond acceptors (Lipinski definition) is 3. The molecule has 1 aromatic rings. The lowest BCUT2D eigenvalue weighted by atomic mass is 10.1. The second kappa shape index (κ2) is 3.26. The Morgan fingerprint density at radius 2 is 2.23 bits per heavy atom. The van der Waals surface area contributed by atoms with Crippen LogP contribution < -0.4 is 9.47 Å². The van der Waals surface area contributed by atoms with Crippen molar-refractivity contribution in [3.05, 3.63) is 23.3 Å². The van der Waals surface area contributed by atoms with Gasteiger partial charge >= 0.3 is 0 Å². The first-order chi connectivity index (χ1) is 6.31. The molecule has 3 nitrogen and oxygen atoms in total. The number of hydrogen-bond donors (Lipinski definition) is 1. The lowest BCUT2D eigenvalue weighted by Crippen LogP contribution is -1.93. The quantitative estimate of drug-likeness (QED) is 0.744. The van der Waals surface area contributed by atoms with Gasteiger partial charge in [0.05, 0.1) is 0 Å². The highest BCUT2D eigenvalue weighted by Crippen LogP contribution is 2.36. The molecule has 0 atom stereocenters. The SMILES string of the molecule is Cc1cc(CCO)cc2c1OCO2. The van der Waals surface area contributed by atoms with Gasteiger partial charge in [-0.25, -0.2) is 0 Å². The van der Waals surface area contributed by atoms with Gasteiger partial charge < -0.3 is 14.6 Å². The summed E-state index contributed by atoms with van der Waals surface area (Å²) >= 11 is 0. The molecule has 2 rings (SSSR count). The highest BCUT2D eigenvalue weighted by Gasteiger charge is 2.16. The molecule has 0 aromatic heterocycles. The molecule has 0 saturated heterocycles. The minimum absolute atomic E-state index is 0.166. The van der Waals surface area contributed by atoms with Crippen molar-refractivity contribution >= 4 is 0 Å². The van der Waals surface area contributed by atoms with Crippen molar-refractivity contribution in [1.29, 1.82) is 0 Å². The van der Waals surface area contributed by atoms with Crippen molar-refractivity contribution in [2.75, 3.05) is 13.4 Å². The average molecular weight is 180 g/mol. The Balaban J connectivity index is 2.37. The van der Waals surface area contributed by atoms with Crippen LogP contribution in [0, 0.1) is 6.92 Å². The number of fused-ring (bicyclic) bond motifs is 1. The van der Waals surface area contributed by atoms with Gasteiger partial charge in [-0.2, -0.15) is 0 Å². The van der Waals surface area contributed by atoms with Crippen LogP contribution in [0.5, 0.6) is 11.5 Å². The predicted octanol–water partition coefficient (Wildman–Crippen LogP) is 1.26. The molecule has 1 heterocycles. The third kappa shape index (κ3) is 1.47. The number of rotatable bonds is 2. The first-order valence-corrected chi connectivity index (χ1v) is 4.31. The van der Waals surface area contributed by atoms with Crippen LogP contribution in [0.2, 0.25) is 0 Å². The number of benzene rings is 1. The van der Waals surface area contributed by atoms with Gasteiger partial charge in [-0.3, -0.25) is 0 Å². The number of aryl methyl sites for hydroxylation is 1. The molecule has 0 saturated carbocycles. The van der Waals surface area contributed by atoms with Crippen molar-refractivity contribution < 1.29 is 14.6 Å². The molecule has 70 valence electrons. The van der Waals surface area contributed by atoms with Crippen LogP contribution in [0.15, 0.2) is 12.1 Å². The second-order valence-electron chi connectivity index (χ2n) is 3.12. The summed E-state index contributed by atoms with van der Waals surface area (Å²) in [5.41, 5.74) is 2.16. The highest BCUT2D eigenvalue weighted by molar-refractivity contribution is 5.50. The lowest BCUT2D eigenvalue weighted by molar-refractivity contribution is 0.173. The van der Waals surface area contributed by atoms with E-state index < -0.39 is 0 Å². The number of aliphatic hydroxyl groups excluding tert-OH is 1. The molecule has 3 heteroatoms. The van der Waals surface area contributed by atoms with E-state index in [4.69, 9.17) is 14.6 Å². The first-order valence-electron chi connectivity index (χ1n) is 4.31. The van der Waals surface area contributed by atoms with Crippen molar-refractivity contribution in [3.8, 4) is 11.5 Å². The van der Waals surface area contributed by atoms with Crippen LogP contribution in [0.4, 0.5) is 0 Å². The Bertz CT molecular complexity index is 320. The zero-order valence-corrected chi connectivity index (χ0v) is 7.54. The third-order valence-corrected chi connectivity index (χ3v) is 2.12. The fraction of sp³-hybridized carbons (Fsp3) is 0.400. The zero-order valence-electron chi connectivity index (χ0n) is 7.54. The Labute approximate surface area is 76.9 Å². The van der Waals surface area contributed by atoms with E-state index in [9.17, 15) is 0 Å². The van der Waals surface area contributed by atoms with E-state index in [1.807, 2.05) is 19.1 Å². The van der Waals surface area contributed by atoms with E-state index in [2.05, 4.69) is 0 Å². The minimum Gasteiger partial charge on any atom is -0.454 e. The van der Waals surface area contributed by atoms with Gasteiger partial charge in [-0.1, -0.05) is 6.07 Å². The van der Waals surface area contributed by atoms with Crippen molar-refractivity contribution in [2.24, 2.45) is 0 Å². The maximum Gasteiger partial charge on any atom is 0.231 e. The summed E-state index contributed by atoms with van der Waals surface area (Å²) < 4.78 is 10.5. The van der Waals surface area contributed by atoms with E-state index in [0.29, 0.717) is 13.2 Å². The third-order valence-electron chi connectivity index (χ3n) is 2.12. The van der Waals surface area contributed by atoms with E-state index in [1.165, 1.54) is 0 Å². The van der Waals surface area contributed by atoms with Crippen LogP contribution in [0.1, 0.15) is 11.1 Å². The molecule has 0 fully saturated rings. The molecule has 0 aliphatic carbocycles. The van der Waals surface area contributed by atoms with E-state index in [1.54, 1.807) is 0 Å². The smallest absolute Gasteiger partial charge is 0.231 e. The fourth-order valence-corrected chi connectivity index (χ4v) is 1.53. The maximum atomic E-state index is 8.79. The molecule has 0 radical (unpaired) electrons. The molecule has 0 unspecified atom stereocenters. The van der Waals surface area contributed by atoms with Crippen LogP contribution >= 0.6 is 0 Å². The number of ether oxygens (including phenoxy) is 2. The molecular formula is C10H12O3. The summed E-state index contributed by atoms with van der Waals surface area (Å²) in [6, 6.07) is 3.94. The Kier molecular flexibility index (Phi) is 2.10. The summed E-state index contributed by atoms with van der Waals surface area (Å²) in [4.78, 5) is 0. The molecule has 1 aliphatic heterocycles. The second-order valence-corrected chi connectivity index (χ2v) is 3.12. The molecule has 1 N–H and O–H groups in total. The van der Waals surface area contributed by atoms with Crippen LogP contribution in [-0.2, 0) is 6.42 Å². The molecule has 0 bridgehead atoms. The highest BCUT2D eigenvalue weighted by atomic mass is 16.7. The van der Waals surface area contributed by atoms with Crippen molar-refractivity contribution in [3.63, 3.8) is 0 Å². The molecule has 0 spiro atoms. The summed E-state index contributed by atoms with van der Waals surface area (Å²) in [6.45, 7) is 2.45. The molecule has 13 heavy (non-hydrogen) atoms. The lowest BCUT2D eigenvalue weighted by Gasteiger charge is -2.04. The van der Waals surface area contributed by atoms with Crippen molar-refractivity contribution in [2.45, 2.75) is 13.3 Å². The van der Waals surface area contributed by atoms with Crippen molar-refractivity contribution in [1.82, 2.24) is 0 Å². The largest absolute Gasteiger partial charge is 0.454 e. The summed E-state index contributed by atoms with van der Waals surface area (Å²) in [7, 11) is 0. The summed E-state index contributed by atoms with van der Waals surface area (Å²) in [5, 5.41) is 8.79. The first kappa shape index (κ1) is 8.38. The molecule has 1 aromatic carbocycles. The Hall–Kier alpha value is -1.22. The maximum absolute atomic E-state index is 8.79. The molecule has 1 aliphatic rings. The Morgan fingerprint density at radius 1 is 1.38 bits per heavy atom. The monoisotopic (exact) mass is 180 g/mol. The summed E-state index contributed by atoms with van der Waals surface area (Å²) in [6.07, 6.45) is 0.664. The van der Waals surface area contributed by atoms with Gasteiger partial charge in [0.2, 0.25) is 6.79 Å². The normalized spacial score (nSPS) is 13.4. The zero-order chi connectivity index (χ0) is 9.26. The van der Waals surface area contributed by atoms with Gasteiger partial charge in [0, 0.05) is 6.61 Å². The van der Waals surface area contributed by atoms with E-state index in [0.717, 1.165) is 22.6 Å². The van der Waals surface area contributed by atoms with E-state index in [-0.39, 0.29) is 6.61 Å². The minimum atomic E-state index is 0.166. The van der Waals surface area contributed by atoms with Gasteiger partial charge in [0.15, 0.2) is 11.5 Å². The van der Waals surface area contributed by atoms with Gasteiger partial charge in [0.1, 0.15) is 0 Å². The van der Waals surface area contributed by atoms with Crippen LogP contribution in [0.25, 0.3) is 0 Å². The topological polar surface area (TPSA) is 38.7 Å². The van der Waals surface area contributed by atoms with Gasteiger partial charge in [-0.15, -0.1) is 0 Å². The predicted molar refractivity (Wildman–Crippen MR) is 48.1 cm³/mol. The molecular weight excluding hydrogens is 168 g/mol. The standard InChI is InChI=1S/C10H12O3/c1-7-4-8(2-3-11)5-9-10(7)13-6-12-9/h4-5,11H,2-3,6H2,1H3. The van der Waals surface area contributed by atoms with Gasteiger partial charge in [-0.05, 0) is 30.5 Å². The molecule has 0 amide bonds. The fourth-order valence-electron chi connectivity index (χ4n) is 1.53. The van der Waals surface area contributed by atoms with Crippen LogP contribution in [0.3, 0.4) is 0 Å². The van der Waals surface area contributed by atoms with Crippen LogP contribution in [-0.4, -0.2) is 18.5 Å². The van der Waals surface area contributed by atoms with Gasteiger partial charge in [0.25, 0.3) is 0 Å². The van der Waals surface area contributed by atoms with E-state index >= 15 is 0 Å². The average Bonchev–Trinajstić information content (AvgIpc) is 2.53. The number of aliphatic hydroxyl groups is 1. The summed E-state index contributed by atoms with van der Waals surface area (Å²) in [5.74, 6) is 1.63.